The maximum Gasteiger partial charge on any atom is 0.136 e. The molecule has 1 aromatic carbocycles. The Bertz CT molecular complexity index is 492. The van der Waals surface area contributed by atoms with Crippen LogP contribution in [0, 0.1) is 11.3 Å². The second-order valence-electron chi connectivity index (χ2n) is 4.02. The van der Waals surface area contributed by atoms with E-state index >= 15 is 0 Å². The summed E-state index contributed by atoms with van der Waals surface area (Å²) >= 11 is 5.39. The number of carbonyl (C=O) groups excluding carboxylic acids is 1. The van der Waals surface area contributed by atoms with Crippen molar-refractivity contribution in [1.29, 1.82) is 5.26 Å². The van der Waals surface area contributed by atoms with E-state index in [2.05, 4.69) is 24.1 Å². The molecule has 19 heavy (non-hydrogen) atoms. The van der Waals surface area contributed by atoms with Crippen molar-refractivity contribution in [2.24, 2.45) is 0 Å². The van der Waals surface area contributed by atoms with Crippen LogP contribution in [-0.2, 0) is 4.79 Å². The Morgan fingerprint density at radius 2 is 1.74 bits per heavy atom. The molecule has 0 spiro atoms. The van der Waals surface area contributed by atoms with Gasteiger partial charge in [0.1, 0.15) is 10.8 Å². The van der Waals surface area contributed by atoms with E-state index in [4.69, 9.17) is 17.5 Å². The molecule has 1 aliphatic heterocycles. The van der Waals surface area contributed by atoms with Crippen molar-refractivity contribution in [3.63, 3.8) is 0 Å². The monoisotopic (exact) mass is 272 g/mol. The normalized spacial score (nSPS) is 14.1. The first-order chi connectivity index (χ1) is 9.20. The highest BCUT2D eigenvalue weighted by atomic mass is 32.1. The second kappa shape index (κ2) is 7.45. The molecule has 1 fully saturated rings. The molecule has 0 aromatic heterocycles. The molecule has 1 saturated heterocycles. The molecule has 98 valence electrons. The minimum atomic E-state index is 0.309. The van der Waals surface area contributed by atoms with Gasteiger partial charge < -0.3 is 4.90 Å². The summed E-state index contributed by atoms with van der Waals surface area (Å²) in [6, 6.07) is 9.32. The van der Waals surface area contributed by atoms with Crippen LogP contribution in [0.5, 0.6) is 0 Å². The summed E-state index contributed by atoms with van der Waals surface area (Å²) in [5.74, 6) is 0.309. The highest BCUT2D eigenvalue weighted by molar-refractivity contribution is 7.80. The maximum absolute atomic E-state index is 11.1. The van der Waals surface area contributed by atoms with Gasteiger partial charge in [0.05, 0.1) is 11.6 Å². The molecule has 0 bridgehead atoms. The Morgan fingerprint density at radius 3 is 2.21 bits per heavy atom. The Labute approximate surface area is 119 Å². The SMILES string of the molecule is C=C.N#Cc1ccc(C(=S)N2CCC(=O)CC2)cc1. The molecule has 1 aliphatic rings. The number of thiocarbonyl (C=S) groups is 1. The molecule has 1 heterocycles. The van der Waals surface area contributed by atoms with Gasteiger partial charge in [-0.3, -0.25) is 4.79 Å². The molecule has 0 atom stereocenters. The van der Waals surface area contributed by atoms with Gasteiger partial charge in [0, 0.05) is 31.5 Å². The molecule has 0 aliphatic carbocycles. The molecular formula is C15H16N2OS. The summed E-state index contributed by atoms with van der Waals surface area (Å²) in [7, 11) is 0. The fourth-order valence-corrected chi connectivity index (χ4v) is 2.15. The molecular weight excluding hydrogens is 256 g/mol. The summed E-state index contributed by atoms with van der Waals surface area (Å²) in [5.41, 5.74) is 1.57. The summed E-state index contributed by atoms with van der Waals surface area (Å²) in [5, 5.41) is 8.71. The molecule has 2 rings (SSSR count). The van der Waals surface area contributed by atoms with Crippen LogP contribution in [0.4, 0.5) is 0 Å². The first kappa shape index (κ1) is 15.1. The van der Waals surface area contributed by atoms with E-state index in [0.717, 1.165) is 10.6 Å². The van der Waals surface area contributed by atoms with Gasteiger partial charge in [0.15, 0.2) is 0 Å². The van der Waals surface area contributed by atoms with Gasteiger partial charge in [0.2, 0.25) is 0 Å². The van der Waals surface area contributed by atoms with E-state index in [1.165, 1.54) is 0 Å². The van der Waals surface area contributed by atoms with Crippen molar-refractivity contribution in [3.05, 3.63) is 48.6 Å². The average molecular weight is 272 g/mol. The number of piperidine rings is 1. The van der Waals surface area contributed by atoms with E-state index in [9.17, 15) is 4.79 Å². The van der Waals surface area contributed by atoms with Crippen LogP contribution >= 0.6 is 12.2 Å². The van der Waals surface area contributed by atoms with Crippen molar-refractivity contribution >= 4 is 23.0 Å². The number of hydrogen-bond acceptors (Lipinski definition) is 3. The van der Waals surface area contributed by atoms with E-state index in [1.54, 1.807) is 12.1 Å². The number of nitriles is 1. The molecule has 0 radical (unpaired) electrons. The van der Waals surface area contributed by atoms with Crippen molar-refractivity contribution in [1.82, 2.24) is 4.90 Å². The van der Waals surface area contributed by atoms with Gasteiger partial charge in [-0.2, -0.15) is 5.26 Å². The average Bonchev–Trinajstić information content (AvgIpc) is 2.49. The third kappa shape index (κ3) is 4.01. The quantitative estimate of drug-likeness (QED) is 0.582. The number of nitrogens with zero attached hydrogens (tertiary/aromatic N) is 2. The largest absolute Gasteiger partial charge is 0.361 e. The predicted molar refractivity (Wildman–Crippen MR) is 79.9 cm³/mol. The van der Waals surface area contributed by atoms with Crippen LogP contribution in [0.1, 0.15) is 24.0 Å². The van der Waals surface area contributed by atoms with E-state index in [1.807, 2.05) is 12.1 Å². The summed E-state index contributed by atoms with van der Waals surface area (Å²) in [6.07, 6.45) is 1.16. The Morgan fingerprint density at radius 1 is 1.21 bits per heavy atom. The molecule has 4 heteroatoms. The lowest BCUT2D eigenvalue weighted by atomic mass is 10.1. The summed E-state index contributed by atoms with van der Waals surface area (Å²) in [6.45, 7) is 7.41. The molecule has 3 nitrogen and oxygen atoms in total. The molecule has 0 saturated carbocycles. The molecule has 0 unspecified atom stereocenters. The number of likely N-dealkylation sites (tertiary alicyclic amines) is 1. The summed E-state index contributed by atoms with van der Waals surface area (Å²) in [4.78, 5) is 14.0. The maximum atomic E-state index is 11.1. The molecule has 0 N–H and O–H groups in total. The van der Waals surface area contributed by atoms with Gasteiger partial charge >= 0.3 is 0 Å². The number of benzene rings is 1. The fraction of sp³-hybridized carbons (Fsp3) is 0.267. The number of ketones is 1. The van der Waals surface area contributed by atoms with Crippen LogP contribution < -0.4 is 0 Å². The smallest absolute Gasteiger partial charge is 0.136 e. The fourth-order valence-electron chi connectivity index (χ4n) is 1.83. The second-order valence-corrected chi connectivity index (χ2v) is 4.41. The zero-order valence-electron chi connectivity index (χ0n) is 10.8. The van der Waals surface area contributed by atoms with E-state index in [-0.39, 0.29) is 0 Å². The molecule has 0 amide bonds. The van der Waals surface area contributed by atoms with Crippen LogP contribution in [0.3, 0.4) is 0 Å². The Kier molecular flexibility index (Phi) is 5.91. The van der Waals surface area contributed by atoms with Crippen LogP contribution in [0.2, 0.25) is 0 Å². The third-order valence-corrected chi connectivity index (χ3v) is 3.36. The van der Waals surface area contributed by atoms with Gasteiger partial charge in [-0.05, 0) is 12.1 Å². The Hall–Kier alpha value is -1.99. The predicted octanol–water partition coefficient (Wildman–Crippen LogP) is 2.70. The molecule has 1 aromatic rings. The number of rotatable bonds is 1. The zero-order valence-corrected chi connectivity index (χ0v) is 11.6. The van der Waals surface area contributed by atoms with Crippen molar-refractivity contribution in [2.45, 2.75) is 12.8 Å². The van der Waals surface area contributed by atoms with Gasteiger partial charge in [-0.25, -0.2) is 0 Å². The lowest BCUT2D eigenvalue weighted by Gasteiger charge is -2.28. The minimum Gasteiger partial charge on any atom is -0.361 e. The minimum absolute atomic E-state index is 0.309. The van der Waals surface area contributed by atoms with E-state index < -0.39 is 0 Å². The first-order valence-corrected chi connectivity index (χ1v) is 6.42. The van der Waals surface area contributed by atoms with Crippen LogP contribution in [0.25, 0.3) is 0 Å². The number of Topliss-reactive ketones (excluding diaryl/α,β-unsaturated/α-hetero) is 1. The third-order valence-electron chi connectivity index (χ3n) is 2.87. The van der Waals surface area contributed by atoms with E-state index in [0.29, 0.717) is 37.3 Å². The van der Waals surface area contributed by atoms with Gasteiger partial charge in [-0.15, -0.1) is 13.2 Å². The first-order valence-electron chi connectivity index (χ1n) is 6.02. The van der Waals surface area contributed by atoms with Gasteiger partial charge in [-0.1, -0.05) is 24.4 Å². The summed E-state index contributed by atoms with van der Waals surface area (Å²) < 4.78 is 0. The van der Waals surface area contributed by atoms with Crippen molar-refractivity contribution < 1.29 is 4.79 Å². The number of hydrogen-bond donors (Lipinski definition) is 0. The van der Waals surface area contributed by atoms with Crippen molar-refractivity contribution in [2.75, 3.05) is 13.1 Å². The Balaban J connectivity index is 0.000000861. The van der Waals surface area contributed by atoms with Crippen LogP contribution in [-0.4, -0.2) is 28.8 Å². The lowest BCUT2D eigenvalue weighted by molar-refractivity contribution is -0.120. The topological polar surface area (TPSA) is 44.1 Å². The standard InChI is InChI=1S/C13H12N2OS.C2H4/c14-9-10-1-3-11(4-2-10)13(17)15-7-5-12(16)6-8-15;1-2/h1-4H,5-8H2;1-2H2. The van der Waals surface area contributed by atoms with Crippen molar-refractivity contribution in [3.8, 4) is 6.07 Å². The zero-order chi connectivity index (χ0) is 14.3. The van der Waals surface area contributed by atoms with Gasteiger partial charge in [0.25, 0.3) is 0 Å². The number of carbonyl (C=O) groups is 1. The van der Waals surface area contributed by atoms with Crippen LogP contribution in [0.15, 0.2) is 37.4 Å². The lowest BCUT2D eigenvalue weighted by Crippen LogP contribution is -2.38. The highest BCUT2D eigenvalue weighted by Gasteiger charge is 2.18. The highest BCUT2D eigenvalue weighted by Crippen LogP contribution is 2.13.